The molecule has 3 aromatic rings. The number of ether oxygens (including phenoxy) is 1. The number of hydrogen-bond donors (Lipinski definition) is 2. The summed E-state index contributed by atoms with van der Waals surface area (Å²) in [5.74, 6) is -2.26. The van der Waals surface area contributed by atoms with Crippen LogP contribution in [-0.2, 0) is 4.79 Å². The molecular weight excluding hydrogens is 437 g/mol. The molecule has 3 aromatic carbocycles. The van der Waals surface area contributed by atoms with Gasteiger partial charge in [0.2, 0.25) is 0 Å². The van der Waals surface area contributed by atoms with Crippen LogP contribution in [0.4, 0.5) is 4.39 Å². The van der Waals surface area contributed by atoms with Gasteiger partial charge in [-0.2, -0.15) is 5.10 Å². The number of benzene rings is 3. The Morgan fingerprint density at radius 2 is 1.59 bits per heavy atom. The van der Waals surface area contributed by atoms with E-state index in [1.54, 1.807) is 36.4 Å². The number of hydrogen-bond acceptors (Lipinski definition) is 5. The zero-order chi connectivity index (χ0) is 22.9. The Morgan fingerprint density at radius 3 is 2.28 bits per heavy atom. The summed E-state index contributed by atoms with van der Waals surface area (Å²) < 4.78 is 18.8. The zero-order valence-corrected chi connectivity index (χ0v) is 17.3. The van der Waals surface area contributed by atoms with Crippen molar-refractivity contribution in [2.24, 2.45) is 5.10 Å². The second-order valence-electron chi connectivity index (χ2n) is 6.39. The summed E-state index contributed by atoms with van der Waals surface area (Å²) in [7, 11) is 0. The predicted molar refractivity (Wildman–Crippen MR) is 117 cm³/mol. The summed E-state index contributed by atoms with van der Waals surface area (Å²) >= 11 is 5.93. The fourth-order valence-corrected chi connectivity index (χ4v) is 2.75. The van der Waals surface area contributed by atoms with Gasteiger partial charge in [0.1, 0.15) is 11.6 Å². The summed E-state index contributed by atoms with van der Waals surface area (Å²) in [6, 6.07) is 18.2. The Labute approximate surface area is 187 Å². The summed E-state index contributed by atoms with van der Waals surface area (Å²) in [5.41, 5.74) is 2.99. The molecule has 0 aliphatic heterocycles. The largest absolute Gasteiger partial charge is 0.423 e. The summed E-state index contributed by atoms with van der Waals surface area (Å²) in [4.78, 5) is 35.9. The number of carbonyl (C=O) groups is 3. The Bertz CT molecular complexity index is 1170. The van der Waals surface area contributed by atoms with Gasteiger partial charge in [0.25, 0.3) is 11.8 Å². The number of hydrazone groups is 1. The minimum absolute atomic E-state index is 0.164. The third-order valence-electron chi connectivity index (χ3n) is 4.12. The third kappa shape index (κ3) is 6.23. The van der Waals surface area contributed by atoms with E-state index in [2.05, 4.69) is 15.8 Å². The predicted octanol–water partition coefficient (Wildman–Crippen LogP) is 3.58. The summed E-state index contributed by atoms with van der Waals surface area (Å²) in [6.07, 6.45) is 1.37. The highest BCUT2D eigenvalue weighted by atomic mass is 35.5. The molecule has 2 N–H and O–H groups in total. The molecule has 0 fully saturated rings. The normalized spacial score (nSPS) is 10.6. The summed E-state index contributed by atoms with van der Waals surface area (Å²) in [6.45, 7) is -0.285. The number of nitrogens with zero attached hydrogens (tertiary/aromatic N) is 1. The molecule has 0 unspecified atom stereocenters. The number of amides is 2. The van der Waals surface area contributed by atoms with Crippen LogP contribution in [-0.4, -0.2) is 30.5 Å². The van der Waals surface area contributed by atoms with Gasteiger partial charge in [-0.25, -0.2) is 14.6 Å². The van der Waals surface area contributed by atoms with E-state index in [-0.39, 0.29) is 28.4 Å². The first-order chi connectivity index (χ1) is 15.4. The van der Waals surface area contributed by atoms with Crippen LogP contribution < -0.4 is 15.5 Å². The van der Waals surface area contributed by atoms with E-state index in [0.717, 1.165) is 0 Å². The van der Waals surface area contributed by atoms with Gasteiger partial charge in [0, 0.05) is 0 Å². The van der Waals surface area contributed by atoms with Crippen molar-refractivity contribution in [1.29, 1.82) is 0 Å². The Hall–Kier alpha value is -4.04. The molecule has 0 aliphatic rings. The van der Waals surface area contributed by atoms with E-state index in [9.17, 15) is 18.8 Å². The van der Waals surface area contributed by atoms with Gasteiger partial charge in [0.15, 0.2) is 0 Å². The van der Waals surface area contributed by atoms with Crippen molar-refractivity contribution in [3.8, 4) is 5.75 Å². The first-order valence-corrected chi connectivity index (χ1v) is 9.73. The Kier molecular flexibility index (Phi) is 7.66. The molecule has 0 saturated heterocycles. The first kappa shape index (κ1) is 22.6. The van der Waals surface area contributed by atoms with E-state index >= 15 is 0 Å². The van der Waals surface area contributed by atoms with Crippen LogP contribution in [0.25, 0.3) is 0 Å². The molecule has 9 heteroatoms. The lowest BCUT2D eigenvalue weighted by molar-refractivity contribution is -0.120. The van der Waals surface area contributed by atoms with Crippen LogP contribution in [0.15, 0.2) is 77.9 Å². The summed E-state index contributed by atoms with van der Waals surface area (Å²) in [5, 5.41) is 6.53. The zero-order valence-electron chi connectivity index (χ0n) is 16.5. The van der Waals surface area contributed by atoms with Gasteiger partial charge in [0.05, 0.1) is 28.9 Å². The van der Waals surface area contributed by atoms with Crippen molar-refractivity contribution in [3.05, 3.63) is 100 Å². The number of halogens is 2. The van der Waals surface area contributed by atoms with Crippen LogP contribution in [0.2, 0.25) is 5.02 Å². The molecule has 162 valence electrons. The molecule has 0 aromatic heterocycles. The standard InChI is InChI=1S/C23H17ClFN3O4/c24-19-7-3-1-5-17(19)22(30)26-14-21(29)28-27-13-15-9-11-16(12-10-15)32-23(31)18-6-2-4-8-20(18)25/h1-13H,14H2,(H,26,30)(H,28,29). The number of esters is 1. The molecule has 0 bridgehead atoms. The van der Waals surface area contributed by atoms with Crippen LogP contribution in [0.3, 0.4) is 0 Å². The minimum atomic E-state index is -0.810. The van der Waals surface area contributed by atoms with Crippen molar-refractivity contribution >= 4 is 35.6 Å². The van der Waals surface area contributed by atoms with E-state index in [0.29, 0.717) is 5.56 Å². The molecule has 32 heavy (non-hydrogen) atoms. The van der Waals surface area contributed by atoms with Crippen molar-refractivity contribution in [2.45, 2.75) is 0 Å². The fourth-order valence-electron chi connectivity index (χ4n) is 2.53. The topological polar surface area (TPSA) is 96.9 Å². The number of rotatable bonds is 7. The smallest absolute Gasteiger partial charge is 0.346 e. The average Bonchev–Trinajstić information content (AvgIpc) is 2.79. The quantitative estimate of drug-likeness (QED) is 0.247. The van der Waals surface area contributed by atoms with E-state index < -0.39 is 23.6 Å². The fraction of sp³-hybridized carbons (Fsp3) is 0.0435. The molecule has 0 spiro atoms. The van der Waals surface area contributed by atoms with Gasteiger partial charge in [-0.1, -0.05) is 35.9 Å². The minimum Gasteiger partial charge on any atom is -0.423 e. The molecule has 2 amide bonds. The van der Waals surface area contributed by atoms with Gasteiger partial charge >= 0.3 is 5.97 Å². The molecule has 0 aliphatic carbocycles. The van der Waals surface area contributed by atoms with Gasteiger partial charge in [-0.3, -0.25) is 9.59 Å². The number of nitrogens with one attached hydrogen (secondary N) is 2. The van der Waals surface area contributed by atoms with E-state index in [4.69, 9.17) is 16.3 Å². The van der Waals surface area contributed by atoms with Crippen molar-refractivity contribution in [1.82, 2.24) is 10.7 Å². The lowest BCUT2D eigenvalue weighted by atomic mass is 10.2. The first-order valence-electron chi connectivity index (χ1n) is 9.35. The maximum atomic E-state index is 13.6. The molecule has 0 heterocycles. The van der Waals surface area contributed by atoms with Gasteiger partial charge < -0.3 is 10.1 Å². The van der Waals surface area contributed by atoms with Crippen molar-refractivity contribution in [2.75, 3.05) is 6.54 Å². The van der Waals surface area contributed by atoms with Crippen molar-refractivity contribution < 1.29 is 23.5 Å². The number of carbonyl (C=O) groups excluding carboxylic acids is 3. The molecule has 0 saturated carbocycles. The molecule has 0 radical (unpaired) electrons. The lowest BCUT2D eigenvalue weighted by Gasteiger charge is -2.06. The molecule has 0 atom stereocenters. The highest BCUT2D eigenvalue weighted by molar-refractivity contribution is 6.33. The highest BCUT2D eigenvalue weighted by Gasteiger charge is 2.13. The van der Waals surface area contributed by atoms with Crippen LogP contribution >= 0.6 is 11.6 Å². The van der Waals surface area contributed by atoms with E-state index in [1.807, 2.05) is 0 Å². The molecule has 3 rings (SSSR count). The second kappa shape index (κ2) is 10.8. The average molecular weight is 454 g/mol. The third-order valence-corrected chi connectivity index (χ3v) is 4.44. The highest BCUT2D eigenvalue weighted by Crippen LogP contribution is 2.16. The molecule has 7 nitrogen and oxygen atoms in total. The van der Waals surface area contributed by atoms with Crippen LogP contribution in [0.1, 0.15) is 26.3 Å². The maximum Gasteiger partial charge on any atom is 0.346 e. The molecular formula is C23H17ClFN3O4. The SMILES string of the molecule is O=C(CNC(=O)c1ccccc1Cl)NN=Cc1ccc(OC(=O)c2ccccc2F)cc1. The Morgan fingerprint density at radius 1 is 0.938 bits per heavy atom. The lowest BCUT2D eigenvalue weighted by Crippen LogP contribution is -2.35. The second-order valence-corrected chi connectivity index (χ2v) is 6.80. The van der Waals surface area contributed by atoms with Crippen molar-refractivity contribution in [3.63, 3.8) is 0 Å². The Balaban J connectivity index is 1.47. The van der Waals surface area contributed by atoms with Crippen LogP contribution in [0, 0.1) is 5.82 Å². The maximum absolute atomic E-state index is 13.6. The van der Waals surface area contributed by atoms with Gasteiger partial charge in [-0.15, -0.1) is 0 Å². The van der Waals surface area contributed by atoms with E-state index in [1.165, 1.54) is 42.6 Å². The van der Waals surface area contributed by atoms with Gasteiger partial charge in [-0.05, 0) is 54.1 Å². The monoisotopic (exact) mass is 453 g/mol. The van der Waals surface area contributed by atoms with Crippen LogP contribution in [0.5, 0.6) is 5.75 Å².